The van der Waals surface area contributed by atoms with Crippen molar-refractivity contribution in [3.05, 3.63) is 70.6 Å². The van der Waals surface area contributed by atoms with Crippen LogP contribution in [0.3, 0.4) is 0 Å². The van der Waals surface area contributed by atoms with E-state index < -0.39 is 10.9 Å². The Morgan fingerprint density at radius 1 is 1.07 bits per heavy atom. The van der Waals surface area contributed by atoms with Crippen molar-refractivity contribution >= 4 is 35.0 Å². The third-order valence-corrected chi connectivity index (χ3v) is 5.12. The van der Waals surface area contributed by atoms with Gasteiger partial charge in [0.05, 0.1) is 4.90 Å². The molecule has 0 radical (unpaired) electrons. The van der Waals surface area contributed by atoms with Crippen molar-refractivity contribution in [2.75, 3.05) is 19.0 Å². The molecule has 2 aromatic carbocycles. The Balaban J connectivity index is 1.93. The normalized spacial score (nSPS) is 11.1. The van der Waals surface area contributed by atoms with Crippen molar-refractivity contribution in [2.24, 2.45) is 0 Å². The third kappa shape index (κ3) is 5.01. The van der Waals surface area contributed by atoms with E-state index in [0.29, 0.717) is 11.8 Å². The molecule has 0 aliphatic carbocycles. The molecule has 3 aromatic rings. The van der Waals surface area contributed by atoms with Gasteiger partial charge in [-0.3, -0.25) is 4.79 Å². The number of aromatic hydroxyl groups is 1. The smallest absolute Gasteiger partial charge is 0.261 e. The number of rotatable bonds is 5. The molecule has 154 valence electrons. The van der Waals surface area contributed by atoms with Crippen LogP contribution in [0.15, 0.2) is 41.3 Å². The Morgan fingerprint density at radius 2 is 1.73 bits per heavy atom. The summed E-state index contributed by atoms with van der Waals surface area (Å²) in [6.07, 6.45) is 3.47. The number of phenolic OH excluding ortho intramolecular Hbond substituents is 1. The van der Waals surface area contributed by atoms with E-state index in [9.17, 15) is 14.3 Å². The highest BCUT2D eigenvalue weighted by molar-refractivity contribution is 8.14. The summed E-state index contributed by atoms with van der Waals surface area (Å²) >= 11 is 0.735. The molecule has 0 bridgehead atoms. The molecule has 0 saturated heterocycles. The fraction of sp³-hybridized carbons (Fsp3) is 0.182. The maximum Gasteiger partial charge on any atom is 0.261 e. The van der Waals surface area contributed by atoms with Gasteiger partial charge in [-0.05, 0) is 72.6 Å². The first-order valence-corrected chi connectivity index (χ1v) is 9.94. The summed E-state index contributed by atoms with van der Waals surface area (Å²) < 4.78 is 13.9. The van der Waals surface area contributed by atoms with E-state index in [1.807, 2.05) is 26.0 Å². The highest BCUT2D eigenvalue weighted by atomic mass is 32.2. The summed E-state index contributed by atoms with van der Waals surface area (Å²) in [6, 6.07) is 9.73. The number of aryl methyl sites for hydroxylation is 2. The quantitative estimate of drug-likeness (QED) is 0.604. The van der Waals surface area contributed by atoms with Crippen LogP contribution in [0.5, 0.6) is 5.75 Å². The Hall–Kier alpha value is -3.26. The zero-order valence-electron chi connectivity index (χ0n) is 17.0. The summed E-state index contributed by atoms with van der Waals surface area (Å²) in [5.74, 6) is 0.352. The highest BCUT2D eigenvalue weighted by Crippen LogP contribution is 2.26. The standard InChI is InChI=1S/C22H21FN4O2S/c1-13-11-15(12-14(2)19(13)28)9-10-18-24-20(26-22(25-18)27(3)4)21(29)30-17-8-6-5-7-16(17)23/h5-12,28H,1-4H3/b10-9+. The maximum atomic E-state index is 13.9. The van der Waals surface area contributed by atoms with E-state index in [1.165, 1.54) is 12.1 Å². The Bertz CT molecular complexity index is 1110. The second-order valence-electron chi connectivity index (χ2n) is 6.87. The molecule has 0 aliphatic heterocycles. The zero-order chi connectivity index (χ0) is 21.8. The van der Waals surface area contributed by atoms with E-state index in [2.05, 4.69) is 15.0 Å². The zero-order valence-corrected chi connectivity index (χ0v) is 17.9. The Morgan fingerprint density at radius 3 is 2.37 bits per heavy atom. The molecule has 1 heterocycles. The average molecular weight is 425 g/mol. The summed E-state index contributed by atoms with van der Waals surface area (Å²) in [5, 5.41) is 9.45. The highest BCUT2D eigenvalue weighted by Gasteiger charge is 2.17. The number of nitrogens with zero attached hydrogens (tertiary/aromatic N) is 4. The van der Waals surface area contributed by atoms with Crippen molar-refractivity contribution < 1.29 is 14.3 Å². The molecule has 0 atom stereocenters. The average Bonchev–Trinajstić information content (AvgIpc) is 2.71. The van der Waals surface area contributed by atoms with Gasteiger partial charge in [0, 0.05) is 14.1 Å². The van der Waals surface area contributed by atoms with Gasteiger partial charge in [-0.15, -0.1) is 0 Å². The molecule has 8 heteroatoms. The number of thioether (sulfide) groups is 1. The van der Waals surface area contributed by atoms with Gasteiger partial charge in [-0.25, -0.2) is 9.37 Å². The van der Waals surface area contributed by atoms with Gasteiger partial charge in [0.25, 0.3) is 5.12 Å². The van der Waals surface area contributed by atoms with Crippen LogP contribution < -0.4 is 4.90 Å². The van der Waals surface area contributed by atoms with E-state index in [-0.39, 0.29) is 16.5 Å². The number of carbonyl (C=O) groups excluding carboxylic acids is 1. The molecule has 0 saturated carbocycles. The number of halogens is 1. The number of hydrogen-bond donors (Lipinski definition) is 1. The first-order valence-electron chi connectivity index (χ1n) is 9.13. The van der Waals surface area contributed by atoms with Gasteiger partial charge in [0.2, 0.25) is 11.8 Å². The molecule has 6 nitrogen and oxygen atoms in total. The number of benzene rings is 2. The van der Waals surface area contributed by atoms with Gasteiger partial charge in [-0.1, -0.05) is 18.2 Å². The predicted molar refractivity (Wildman–Crippen MR) is 117 cm³/mol. The molecular weight excluding hydrogens is 403 g/mol. The van der Waals surface area contributed by atoms with E-state index >= 15 is 0 Å². The minimum Gasteiger partial charge on any atom is -0.507 e. The van der Waals surface area contributed by atoms with Crippen LogP contribution in [-0.4, -0.2) is 39.3 Å². The number of anilines is 1. The SMILES string of the molecule is Cc1cc(/C=C/c2nc(C(=O)Sc3ccccc3F)nc(N(C)C)n2)cc(C)c1O. The van der Waals surface area contributed by atoms with Crippen LogP contribution in [0.4, 0.5) is 10.3 Å². The van der Waals surface area contributed by atoms with Gasteiger partial charge >= 0.3 is 0 Å². The van der Waals surface area contributed by atoms with Crippen molar-refractivity contribution in [3.8, 4) is 5.75 Å². The maximum absolute atomic E-state index is 13.9. The van der Waals surface area contributed by atoms with Crippen LogP contribution in [-0.2, 0) is 0 Å². The lowest BCUT2D eigenvalue weighted by Gasteiger charge is -2.11. The second kappa shape index (κ2) is 9.04. The van der Waals surface area contributed by atoms with Crippen molar-refractivity contribution in [1.82, 2.24) is 15.0 Å². The number of hydrogen-bond acceptors (Lipinski definition) is 7. The summed E-state index contributed by atoms with van der Waals surface area (Å²) in [6.45, 7) is 3.65. The molecule has 3 rings (SSSR count). The van der Waals surface area contributed by atoms with Gasteiger partial charge in [0.15, 0.2) is 5.82 Å². The summed E-state index contributed by atoms with van der Waals surface area (Å²) in [4.78, 5) is 27.3. The van der Waals surface area contributed by atoms with Crippen LogP contribution in [0, 0.1) is 19.7 Å². The van der Waals surface area contributed by atoms with E-state index in [0.717, 1.165) is 28.5 Å². The van der Waals surface area contributed by atoms with E-state index in [1.54, 1.807) is 43.3 Å². The molecule has 1 aromatic heterocycles. The first-order chi connectivity index (χ1) is 14.2. The molecule has 0 fully saturated rings. The minimum absolute atomic E-state index is 0.0559. The molecule has 30 heavy (non-hydrogen) atoms. The summed E-state index contributed by atoms with van der Waals surface area (Å²) in [7, 11) is 3.52. The monoisotopic (exact) mass is 424 g/mol. The molecule has 0 aliphatic rings. The van der Waals surface area contributed by atoms with Gasteiger partial charge < -0.3 is 10.0 Å². The minimum atomic E-state index is -0.476. The van der Waals surface area contributed by atoms with Crippen molar-refractivity contribution in [2.45, 2.75) is 18.7 Å². The van der Waals surface area contributed by atoms with E-state index in [4.69, 9.17) is 0 Å². The number of carbonyl (C=O) groups is 1. The van der Waals surface area contributed by atoms with Crippen LogP contribution in [0.1, 0.15) is 33.1 Å². The molecule has 0 spiro atoms. The topological polar surface area (TPSA) is 79.2 Å². The largest absolute Gasteiger partial charge is 0.507 e. The van der Waals surface area contributed by atoms with Gasteiger partial charge in [-0.2, -0.15) is 9.97 Å². The molecule has 0 amide bonds. The fourth-order valence-electron chi connectivity index (χ4n) is 2.68. The summed E-state index contributed by atoms with van der Waals surface area (Å²) in [5.41, 5.74) is 2.39. The second-order valence-corrected chi connectivity index (χ2v) is 7.88. The van der Waals surface area contributed by atoms with Crippen molar-refractivity contribution in [3.63, 3.8) is 0 Å². The van der Waals surface area contributed by atoms with Crippen LogP contribution >= 0.6 is 11.8 Å². The number of aromatic nitrogens is 3. The third-order valence-electron chi connectivity index (χ3n) is 4.20. The van der Waals surface area contributed by atoms with Crippen LogP contribution in [0.25, 0.3) is 12.2 Å². The fourth-order valence-corrected chi connectivity index (χ4v) is 3.37. The first kappa shape index (κ1) is 21.4. The predicted octanol–water partition coefficient (Wildman–Crippen LogP) is 4.50. The lowest BCUT2D eigenvalue weighted by molar-refractivity contribution is 0.107. The Labute approximate surface area is 178 Å². The van der Waals surface area contributed by atoms with Crippen LogP contribution in [0.2, 0.25) is 0 Å². The number of phenols is 1. The Kier molecular flexibility index (Phi) is 6.47. The lowest BCUT2D eigenvalue weighted by atomic mass is 10.1. The molecular formula is C22H21FN4O2S. The van der Waals surface area contributed by atoms with Crippen molar-refractivity contribution in [1.29, 1.82) is 0 Å². The lowest BCUT2D eigenvalue weighted by Crippen LogP contribution is -2.17. The van der Waals surface area contributed by atoms with Gasteiger partial charge in [0.1, 0.15) is 11.6 Å². The molecule has 1 N–H and O–H groups in total. The molecule has 0 unspecified atom stereocenters.